The summed E-state index contributed by atoms with van der Waals surface area (Å²) in [6, 6.07) is 7.47. The smallest absolute Gasteiger partial charge is 0.263 e. The first-order valence-electron chi connectivity index (χ1n) is 6.04. The predicted molar refractivity (Wildman–Crippen MR) is 85.2 cm³/mol. The van der Waals surface area contributed by atoms with E-state index in [2.05, 4.69) is 20.7 Å². The number of halogens is 2. The second-order valence-corrected chi connectivity index (χ2v) is 7.29. The summed E-state index contributed by atoms with van der Waals surface area (Å²) in [6.45, 7) is 3.74. The number of nitrogens with one attached hydrogen (secondary N) is 1. The van der Waals surface area contributed by atoms with Crippen LogP contribution >= 0.6 is 15.9 Å². The molecule has 112 valence electrons. The molecular weight excluding hydrogens is 359 g/mol. The number of nitrogen functional groups attached to an aromatic ring is 1. The zero-order chi connectivity index (χ0) is 15.8. The lowest BCUT2D eigenvalue weighted by atomic mass is 10.1. The molecular formula is C14H14BrFN2O2S. The zero-order valence-electron chi connectivity index (χ0n) is 11.4. The van der Waals surface area contributed by atoms with Crippen LogP contribution < -0.4 is 10.5 Å². The molecule has 0 unspecified atom stereocenters. The SMILES string of the molecule is Cc1cc(C)cc(NS(=O)(=O)c2cc(Br)c(F)cc2N)c1. The van der Waals surface area contributed by atoms with Gasteiger partial charge in [0.05, 0.1) is 10.2 Å². The number of nitrogens with two attached hydrogens (primary N) is 1. The average Bonchev–Trinajstić information content (AvgIpc) is 2.31. The number of rotatable bonds is 3. The highest BCUT2D eigenvalue weighted by molar-refractivity contribution is 9.10. The highest BCUT2D eigenvalue weighted by atomic mass is 79.9. The monoisotopic (exact) mass is 372 g/mol. The summed E-state index contributed by atoms with van der Waals surface area (Å²) in [5, 5.41) is 0. The maximum absolute atomic E-state index is 13.3. The predicted octanol–water partition coefficient (Wildman–Crippen LogP) is 3.59. The standard InChI is InChI=1S/C14H14BrFN2O2S/c1-8-3-9(2)5-10(4-8)18-21(19,20)14-6-11(15)12(16)7-13(14)17/h3-7,18H,17H2,1-2H3. The fourth-order valence-electron chi connectivity index (χ4n) is 2.02. The Morgan fingerprint density at radius 3 is 2.24 bits per heavy atom. The molecule has 0 atom stereocenters. The van der Waals surface area contributed by atoms with Crippen LogP contribution in [0.4, 0.5) is 15.8 Å². The molecule has 2 rings (SSSR count). The van der Waals surface area contributed by atoms with Crippen LogP contribution in [0.2, 0.25) is 0 Å². The minimum atomic E-state index is -3.89. The van der Waals surface area contributed by atoms with Crippen molar-refractivity contribution in [3.05, 3.63) is 51.7 Å². The molecule has 2 aromatic carbocycles. The van der Waals surface area contributed by atoms with Crippen molar-refractivity contribution >= 4 is 37.3 Å². The zero-order valence-corrected chi connectivity index (χ0v) is 13.8. The molecule has 4 nitrogen and oxygen atoms in total. The van der Waals surface area contributed by atoms with E-state index in [1.807, 2.05) is 19.9 Å². The summed E-state index contributed by atoms with van der Waals surface area (Å²) in [6.07, 6.45) is 0. The van der Waals surface area contributed by atoms with E-state index in [9.17, 15) is 12.8 Å². The highest BCUT2D eigenvalue weighted by Gasteiger charge is 2.20. The molecule has 0 aliphatic carbocycles. The van der Waals surface area contributed by atoms with E-state index < -0.39 is 15.8 Å². The second kappa shape index (κ2) is 5.65. The number of sulfonamides is 1. The fraction of sp³-hybridized carbons (Fsp3) is 0.143. The van der Waals surface area contributed by atoms with Gasteiger partial charge in [0, 0.05) is 5.69 Å². The van der Waals surface area contributed by atoms with Gasteiger partial charge in [-0.1, -0.05) is 6.07 Å². The minimum Gasteiger partial charge on any atom is -0.398 e. The Morgan fingerprint density at radius 2 is 1.67 bits per heavy atom. The summed E-state index contributed by atoms with van der Waals surface area (Å²) in [5.74, 6) is -0.613. The van der Waals surface area contributed by atoms with Crippen LogP contribution in [0, 0.1) is 19.7 Å². The van der Waals surface area contributed by atoms with Gasteiger partial charge < -0.3 is 5.73 Å². The molecule has 0 bridgehead atoms. The number of benzene rings is 2. The van der Waals surface area contributed by atoms with Crippen LogP contribution in [-0.4, -0.2) is 8.42 Å². The molecule has 21 heavy (non-hydrogen) atoms. The van der Waals surface area contributed by atoms with Crippen LogP contribution in [-0.2, 0) is 10.0 Å². The summed E-state index contributed by atoms with van der Waals surface area (Å²) >= 11 is 2.96. The van der Waals surface area contributed by atoms with E-state index in [-0.39, 0.29) is 15.1 Å². The first-order valence-corrected chi connectivity index (χ1v) is 8.32. The maximum Gasteiger partial charge on any atom is 0.263 e. The third-order valence-corrected chi connectivity index (χ3v) is 4.86. The van der Waals surface area contributed by atoms with Gasteiger partial charge in [0.15, 0.2) is 0 Å². The van der Waals surface area contributed by atoms with E-state index in [1.165, 1.54) is 0 Å². The molecule has 0 amide bonds. The minimum absolute atomic E-state index is 0.0393. The molecule has 0 aliphatic heterocycles. The van der Waals surface area contributed by atoms with E-state index in [4.69, 9.17) is 5.73 Å². The van der Waals surface area contributed by atoms with Crippen molar-refractivity contribution in [2.45, 2.75) is 18.7 Å². The van der Waals surface area contributed by atoms with Crippen LogP contribution in [0.25, 0.3) is 0 Å². The lowest BCUT2D eigenvalue weighted by molar-refractivity contribution is 0.599. The molecule has 0 heterocycles. The van der Waals surface area contributed by atoms with Gasteiger partial charge in [0.1, 0.15) is 10.7 Å². The number of hydrogen-bond acceptors (Lipinski definition) is 3. The number of hydrogen-bond donors (Lipinski definition) is 2. The maximum atomic E-state index is 13.3. The lowest BCUT2D eigenvalue weighted by Crippen LogP contribution is -2.15. The van der Waals surface area contributed by atoms with Gasteiger partial charge >= 0.3 is 0 Å². The summed E-state index contributed by atoms with van der Waals surface area (Å²) in [7, 11) is -3.89. The molecule has 0 spiro atoms. The van der Waals surface area contributed by atoms with E-state index in [0.29, 0.717) is 5.69 Å². The van der Waals surface area contributed by atoms with Crippen molar-refractivity contribution in [2.75, 3.05) is 10.5 Å². The molecule has 0 saturated heterocycles. The van der Waals surface area contributed by atoms with Crippen molar-refractivity contribution in [1.82, 2.24) is 0 Å². The second-order valence-electron chi connectivity index (χ2n) is 4.79. The Hall–Kier alpha value is -1.60. The Labute approximate surface area is 131 Å². The lowest BCUT2D eigenvalue weighted by Gasteiger charge is -2.12. The Morgan fingerprint density at radius 1 is 1.10 bits per heavy atom. The Balaban J connectivity index is 2.45. The largest absolute Gasteiger partial charge is 0.398 e. The van der Waals surface area contributed by atoms with Crippen molar-refractivity contribution in [3.8, 4) is 0 Å². The van der Waals surface area contributed by atoms with Crippen molar-refractivity contribution < 1.29 is 12.8 Å². The van der Waals surface area contributed by atoms with Gasteiger partial charge in [-0.05, 0) is 65.2 Å². The molecule has 7 heteroatoms. The molecule has 0 fully saturated rings. The van der Waals surface area contributed by atoms with Crippen molar-refractivity contribution in [2.24, 2.45) is 0 Å². The third kappa shape index (κ3) is 3.54. The van der Waals surface area contributed by atoms with Gasteiger partial charge in [0.2, 0.25) is 0 Å². The number of aryl methyl sites for hydroxylation is 2. The van der Waals surface area contributed by atoms with Gasteiger partial charge in [-0.3, -0.25) is 4.72 Å². The fourth-order valence-corrected chi connectivity index (χ4v) is 3.70. The van der Waals surface area contributed by atoms with E-state index >= 15 is 0 Å². The molecule has 0 radical (unpaired) electrons. The van der Waals surface area contributed by atoms with Gasteiger partial charge in [-0.2, -0.15) is 0 Å². The van der Waals surface area contributed by atoms with E-state index in [1.54, 1.807) is 12.1 Å². The topological polar surface area (TPSA) is 72.2 Å². The van der Waals surface area contributed by atoms with Crippen LogP contribution in [0.15, 0.2) is 39.7 Å². The Kier molecular flexibility index (Phi) is 4.25. The highest BCUT2D eigenvalue weighted by Crippen LogP contribution is 2.28. The average molecular weight is 373 g/mol. The van der Waals surface area contributed by atoms with Crippen molar-refractivity contribution in [3.63, 3.8) is 0 Å². The molecule has 0 saturated carbocycles. The van der Waals surface area contributed by atoms with Crippen LogP contribution in [0.3, 0.4) is 0 Å². The van der Waals surface area contributed by atoms with Gasteiger partial charge in [0.25, 0.3) is 10.0 Å². The Bertz CT molecular complexity index is 787. The van der Waals surface area contributed by atoms with Crippen LogP contribution in [0.5, 0.6) is 0 Å². The summed E-state index contributed by atoms with van der Waals surface area (Å²) in [4.78, 5) is -0.171. The normalized spacial score (nSPS) is 11.4. The summed E-state index contributed by atoms with van der Waals surface area (Å²) < 4.78 is 40.6. The molecule has 3 N–H and O–H groups in total. The molecule has 0 aliphatic rings. The number of anilines is 2. The molecule has 2 aromatic rings. The first kappa shape index (κ1) is 15.8. The third-order valence-electron chi connectivity index (χ3n) is 2.82. The van der Waals surface area contributed by atoms with Crippen LogP contribution in [0.1, 0.15) is 11.1 Å². The van der Waals surface area contributed by atoms with Gasteiger partial charge in [-0.25, -0.2) is 12.8 Å². The molecule has 0 aromatic heterocycles. The summed E-state index contributed by atoms with van der Waals surface area (Å²) in [5.41, 5.74) is 7.76. The quantitative estimate of drug-likeness (QED) is 0.808. The van der Waals surface area contributed by atoms with Gasteiger partial charge in [-0.15, -0.1) is 0 Å². The first-order chi connectivity index (χ1) is 9.69. The van der Waals surface area contributed by atoms with E-state index in [0.717, 1.165) is 23.3 Å². The van der Waals surface area contributed by atoms with Crippen molar-refractivity contribution in [1.29, 1.82) is 0 Å².